The normalized spacial score (nSPS) is 22.0. The summed E-state index contributed by atoms with van der Waals surface area (Å²) in [5.74, 6) is 0.0242. The number of aryl methyl sites for hydroxylation is 1. The molecule has 0 aromatic heterocycles. The van der Waals surface area contributed by atoms with Gasteiger partial charge in [-0.1, -0.05) is 31.2 Å². The molecule has 1 heterocycles. The summed E-state index contributed by atoms with van der Waals surface area (Å²) in [7, 11) is 0. The van der Waals surface area contributed by atoms with Crippen molar-refractivity contribution in [2.75, 3.05) is 13.1 Å². The third-order valence-electron chi connectivity index (χ3n) is 4.37. The van der Waals surface area contributed by atoms with Gasteiger partial charge in [-0.25, -0.2) is 0 Å². The number of likely N-dealkylation sites (tertiary alicyclic amines) is 1. The Labute approximate surface area is 127 Å². The van der Waals surface area contributed by atoms with Gasteiger partial charge < -0.3 is 10.4 Å². The highest BCUT2D eigenvalue weighted by Gasteiger charge is 2.28. The second kappa shape index (κ2) is 7.05. The van der Waals surface area contributed by atoms with E-state index < -0.39 is 0 Å². The molecule has 2 N–H and O–H groups in total. The number of carbonyl (C=O) groups excluding carboxylic acids is 1. The lowest BCUT2D eigenvalue weighted by atomic mass is 10.0. The molecule has 4 heteroatoms. The monoisotopic (exact) mass is 290 g/mol. The van der Waals surface area contributed by atoms with Gasteiger partial charge in [-0.3, -0.25) is 9.69 Å². The Morgan fingerprint density at radius 2 is 2.05 bits per heavy atom. The number of carbonyl (C=O) groups is 1. The zero-order valence-electron chi connectivity index (χ0n) is 13.2. The van der Waals surface area contributed by atoms with Crippen molar-refractivity contribution >= 4 is 5.91 Å². The van der Waals surface area contributed by atoms with Gasteiger partial charge in [0.15, 0.2) is 0 Å². The van der Waals surface area contributed by atoms with Crippen molar-refractivity contribution in [2.45, 2.75) is 51.8 Å². The van der Waals surface area contributed by atoms with E-state index in [-0.39, 0.29) is 24.1 Å². The first-order valence-corrected chi connectivity index (χ1v) is 7.82. The van der Waals surface area contributed by atoms with Crippen LogP contribution in [0.4, 0.5) is 0 Å². The fourth-order valence-electron chi connectivity index (χ4n) is 2.75. The van der Waals surface area contributed by atoms with E-state index in [4.69, 9.17) is 0 Å². The number of hydrogen-bond acceptors (Lipinski definition) is 3. The van der Waals surface area contributed by atoms with E-state index in [1.54, 1.807) is 0 Å². The van der Waals surface area contributed by atoms with Crippen LogP contribution in [0.2, 0.25) is 0 Å². The molecule has 116 valence electrons. The van der Waals surface area contributed by atoms with Crippen LogP contribution in [0.15, 0.2) is 24.3 Å². The number of amides is 1. The van der Waals surface area contributed by atoms with E-state index in [0.717, 1.165) is 24.9 Å². The molecular formula is C17H26N2O2. The van der Waals surface area contributed by atoms with Gasteiger partial charge in [-0.05, 0) is 37.8 Å². The molecule has 0 spiro atoms. The van der Waals surface area contributed by atoms with Crippen LogP contribution in [0.5, 0.6) is 0 Å². The number of β-amino-alcohol motifs (C(OH)–C–C–N with tert-alkyl or cyclic N) is 1. The second-order valence-corrected chi connectivity index (χ2v) is 5.94. The maximum Gasteiger partial charge on any atom is 0.237 e. The molecule has 1 saturated heterocycles. The fourth-order valence-corrected chi connectivity index (χ4v) is 2.75. The zero-order chi connectivity index (χ0) is 15.4. The number of benzene rings is 1. The summed E-state index contributed by atoms with van der Waals surface area (Å²) in [5, 5.41) is 12.6. The van der Waals surface area contributed by atoms with E-state index >= 15 is 0 Å². The maximum atomic E-state index is 12.3. The minimum atomic E-state index is -0.292. The average molecular weight is 290 g/mol. The van der Waals surface area contributed by atoms with Crippen molar-refractivity contribution < 1.29 is 9.90 Å². The molecule has 1 aliphatic heterocycles. The molecule has 1 fully saturated rings. The Bertz CT molecular complexity index is 472. The van der Waals surface area contributed by atoms with Crippen LogP contribution >= 0.6 is 0 Å². The van der Waals surface area contributed by atoms with Crippen molar-refractivity contribution in [3.63, 3.8) is 0 Å². The van der Waals surface area contributed by atoms with E-state index in [1.807, 2.05) is 18.7 Å². The van der Waals surface area contributed by atoms with Gasteiger partial charge in [0.25, 0.3) is 0 Å². The molecule has 1 amide bonds. The van der Waals surface area contributed by atoms with Crippen molar-refractivity contribution in [1.82, 2.24) is 10.2 Å². The molecule has 0 aliphatic carbocycles. The third-order valence-corrected chi connectivity index (χ3v) is 4.37. The van der Waals surface area contributed by atoms with Crippen molar-refractivity contribution in [3.05, 3.63) is 35.4 Å². The van der Waals surface area contributed by atoms with Gasteiger partial charge in [0.2, 0.25) is 5.91 Å². The van der Waals surface area contributed by atoms with Crippen LogP contribution in [-0.4, -0.2) is 41.1 Å². The van der Waals surface area contributed by atoms with Crippen LogP contribution in [0.3, 0.4) is 0 Å². The molecule has 2 rings (SSSR count). The molecule has 4 nitrogen and oxygen atoms in total. The molecule has 2 unspecified atom stereocenters. The predicted octanol–water partition coefficient (Wildman–Crippen LogP) is 1.88. The molecule has 0 bridgehead atoms. The Morgan fingerprint density at radius 1 is 1.38 bits per heavy atom. The van der Waals surface area contributed by atoms with Crippen LogP contribution < -0.4 is 5.32 Å². The lowest BCUT2D eigenvalue weighted by Gasteiger charge is -2.25. The van der Waals surface area contributed by atoms with Gasteiger partial charge in [0, 0.05) is 13.1 Å². The van der Waals surface area contributed by atoms with E-state index in [9.17, 15) is 9.90 Å². The highest BCUT2D eigenvalue weighted by Crippen LogP contribution is 2.16. The summed E-state index contributed by atoms with van der Waals surface area (Å²) in [5.41, 5.74) is 2.42. The molecule has 3 atom stereocenters. The average Bonchev–Trinajstić information content (AvgIpc) is 2.93. The summed E-state index contributed by atoms with van der Waals surface area (Å²) >= 11 is 0. The molecular weight excluding hydrogens is 264 g/mol. The topological polar surface area (TPSA) is 52.6 Å². The Hall–Kier alpha value is -1.39. The SMILES string of the molecule is CCc1ccc(C(C)NC(=O)C(C)N2CC[C@H](O)C2)cc1. The first kappa shape index (κ1) is 16.0. The van der Waals surface area contributed by atoms with E-state index in [0.29, 0.717) is 6.54 Å². The molecule has 1 aromatic rings. The molecule has 21 heavy (non-hydrogen) atoms. The number of nitrogens with one attached hydrogen (secondary N) is 1. The standard InChI is InChI=1S/C17H26N2O2/c1-4-14-5-7-15(8-6-14)12(2)18-17(21)13(3)19-10-9-16(20)11-19/h5-8,12-13,16,20H,4,9-11H2,1-3H3,(H,18,21)/t12?,13?,16-/m0/s1. The van der Waals surface area contributed by atoms with Crippen LogP contribution in [-0.2, 0) is 11.2 Å². The number of hydrogen-bond donors (Lipinski definition) is 2. The largest absolute Gasteiger partial charge is 0.392 e. The highest BCUT2D eigenvalue weighted by atomic mass is 16.3. The van der Waals surface area contributed by atoms with Crippen LogP contribution in [0, 0.1) is 0 Å². The first-order valence-electron chi connectivity index (χ1n) is 7.82. The number of aliphatic hydroxyl groups is 1. The summed E-state index contributed by atoms with van der Waals surface area (Å²) in [4.78, 5) is 14.3. The molecule has 1 aliphatic rings. The summed E-state index contributed by atoms with van der Waals surface area (Å²) in [6.45, 7) is 7.42. The molecule has 1 aromatic carbocycles. The van der Waals surface area contributed by atoms with E-state index in [2.05, 4.69) is 36.5 Å². The quantitative estimate of drug-likeness (QED) is 0.870. The first-order chi connectivity index (χ1) is 10.0. The highest BCUT2D eigenvalue weighted by molar-refractivity contribution is 5.81. The summed E-state index contributed by atoms with van der Waals surface area (Å²) in [6, 6.07) is 8.18. The van der Waals surface area contributed by atoms with Crippen molar-refractivity contribution in [2.24, 2.45) is 0 Å². The maximum absolute atomic E-state index is 12.3. The van der Waals surface area contributed by atoms with Gasteiger partial charge >= 0.3 is 0 Å². The molecule has 0 radical (unpaired) electrons. The van der Waals surface area contributed by atoms with E-state index in [1.165, 1.54) is 5.56 Å². The van der Waals surface area contributed by atoms with Gasteiger partial charge in [0.1, 0.15) is 0 Å². The van der Waals surface area contributed by atoms with Crippen LogP contribution in [0.1, 0.15) is 44.4 Å². The number of nitrogens with zero attached hydrogens (tertiary/aromatic N) is 1. The van der Waals surface area contributed by atoms with Gasteiger partial charge in [-0.2, -0.15) is 0 Å². The minimum Gasteiger partial charge on any atom is -0.392 e. The lowest BCUT2D eigenvalue weighted by molar-refractivity contribution is -0.126. The number of aliphatic hydroxyl groups excluding tert-OH is 1. The second-order valence-electron chi connectivity index (χ2n) is 5.94. The van der Waals surface area contributed by atoms with Gasteiger partial charge in [0.05, 0.1) is 18.2 Å². The van der Waals surface area contributed by atoms with Crippen molar-refractivity contribution in [3.8, 4) is 0 Å². The third kappa shape index (κ3) is 4.05. The van der Waals surface area contributed by atoms with Crippen molar-refractivity contribution in [1.29, 1.82) is 0 Å². The lowest BCUT2D eigenvalue weighted by Crippen LogP contribution is -2.45. The van der Waals surface area contributed by atoms with Crippen LogP contribution in [0.25, 0.3) is 0 Å². The fraction of sp³-hybridized carbons (Fsp3) is 0.588. The summed E-state index contributed by atoms with van der Waals surface area (Å²) in [6.07, 6.45) is 1.49. The van der Waals surface area contributed by atoms with Gasteiger partial charge in [-0.15, -0.1) is 0 Å². The smallest absolute Gasteiger partial charge is 0.237 e. The predicted molar refractivity (Wildman–Crippen MR) is 84.0 cm³/mol. The molecule has 0 saturated carbocycles. The minimum absolute atomic E-state index is 0.00150. The zero-order valence-corrected chi connectivity index (χ0v) is 13.2. The Balaban J connectivity index is 1.91. The summed E-state index contributed by atoms with van der Waals surface area (Å²) < 4.78 is 0. The Kier molecular flexibility index (Phi) is 5.37. The Morgan fingerprint density at radius 3 is 2.57 bits per heavy atom. The number of rotatable bonds is 5.